The number of ether oxygens (including phenoxy) is 1. The molecule has 1 heterocycles. The Balaban J connectivity index is 2.31. The van der Waals surface area contributed by atoms with E-state index in [4.69, 9.17) is 4.74 Å². The molecule has 0 bridgehead atoms. The molecule has 1 N–H and O–H groups in total. The van der Waals surface area contributed by atoms with E-state index in [2.05, 4.69) is 19.2 Å². The first kappa shape index (κ1) is 13.1. The van der Waals surface area contributed by atoms with Crippen LogP contribution in [0, 0.1) is 0 Å². The van der Waals surface area contributed by atoms with E-state index < -0.39 is 10.8 Å². The number of rotatable bonds is 6. The van der Waals surface area contributed by atoms with Crippen LogP contribution in [0.5, 0.6) is 0 Å². The van der Waals surface area contributed by atoms with Gasteiger partial charge in [0.25, 0.3) is 0 Å². The fourth-order valence-corrected chi connectivity index (χ4v) is 3.62. The van der Waals surface area contributed by atoms with Gasteiger partial charge in [-0.25, -0.2) is 0 Å². The van der Waals surface area contributed by atoms with E-state index in [1.807, 2.05) is 0 Å². The molecule has 0 spiro atoms. The maximum atomic E-state index is 12.1. The highest BCUT2D eigenvalue weighted by Crippen LogP contribution is 2.14. The van der Waals surface area contributed by atoms with Crippen molar-refractivity contribution in [2.45, 2.75) is 44.4 Å². The van der Waals surface area contributed by atoms with Crippen molar-refractivity contribution in [3.8, 4) is 0 Å². The van der Waals surface area contributed by atoms with Crippen LogP contribution in [0.4, 0.5) is 0 Å². The molecule has 0 amide bonds. The first-order valence-electron chi connectivity index (χ1n) is 5.96. The molecule has 0 aromatic heterocycles. The second-order valence-corrected chi connectivity index (χ2v) is 5.78. The second kappa shape index (κ2) is 7.36. The molecule has 15 heavy (non-hydrogen) atoms. The topological polar surface area (TPSA) is 38.3 Å². The van der Waals surface area contributed by atoms with Crippen LogP contribution in [0.15, 0.2) is 0 Å². The lowest BCUT2D eigenvalue weighted by atomic mass is 10.2. The molecule has 90 valence electrons. The molecule has 0 radical (unpaired) electrons. The normalized spacial score (nSPS) is 22.5. The SMILES string of the molecule is CCNC(CC)CS(=O)C1CCOCC1. The van der Waals surface area contributed by atoms with Gasteiger partial charge in [0.15, 0.2) is 0 Å². The molecular weight excluding hydrogens is 210 g/mol. The standard InChI is InChI=1S/C11H23NO2S/c1-3-10(12-4-2)9-15(13)11-5-7-14-8-6-11/h10-12H,3-9H2,1-2H3. The van der Waals surface area contributed by atoms with E-state index >= 15 is 0 Å². The summed E-state index contributed by atoms with van der Waals surface area (Å²) in [6, 6.07) is 0.415. The van der Waals surface area contributed by atoms with Crippen molar-refractivity contribution in [1.82, 2.24) is 5.32 Å². The van der Waals surface area contributed by atoms with Gasteiger partial charge in [0, 0.05) is 41.1 Å². The Morgan fingerprint density at radius 3 is 2.60 bits per heavy atom. The minimum atomic E-state index is -0.680. The van der Waals surface area contributed by atoms with Gasteiger partial charge in [-0.3, -0.25) is 4.21 Å². The lowest BCUT2D eigenvalue weighted by Crippen LogP contribution is -2.37. The van der Waals surface area contributed by atoms with Gasteiger partial charge in [0.1, 0.15) is 0 Å². The molecule has 1 fully saturated rings. The highest BCUT2D eigenvalue weighted by atomic mass is 32.2. The van der Waals surface area contributed by atoms with Gasteiger partial charge in [-0.15, -0.1) is 0 Å². The Labute approximate surface area is 95.4 Å². The Hall–Kier alpha value is 0.0700. The molecule has 1 saturated heterocycles. The molecule has 4 heteroatoms. The summed E-state index contributed by atoms with van der Waals surface area (Å²) in [7, 11) is -0.680. The average molecular weight is 233 g/mol. The van der Waals surface area contributed by atoms with Crippen molar-refractivity contribution < 1.29 is 8.95 Å². The summed E-state index contributed by atoms with van der Waals surface area (Å²) in [6.07, 6.45) is 2.99. The molecular formula is C11H23NO2S. The van der Waals surface area contributed by atoms with E-state index in [1.165, 1.54) is 0 Å². The molecule has 1 rings (SSSR count). The van der Waals surface area contributed by atoms with Crippen LogP contribution in [0.1, 0.15) is 33.1 Å². The van der Waals surface area contributed by atoms with Crippen LogP contribution in [0.2, 0.25) is 0 Å². The van der Waals surface area contributed by atoms with Gasteiger partial charge in [0.05, 0.1) is 0 Å². The highest BCUT2D eigenvalue weighted by Gasteiger charge is 2.22. The molecule has 1 aliphatic rings. The van der Waals surface area contributed by atoms with E-state index in [9.17, 15) is 4.21 Å². The number of hydrogen-bond donors (Lipinski definition) is 1. The highest BCUT2D eigenvalue weighted by molar-refractivity contribution is 7.85. The molecule has 3 nitrogen and oxygen atoms in total. The first-order chi connectivity index (χ1) is 7.27. The van der Waals surface area contributed by atoms with E-state index in [0.717, 1.165) is 44.8 Å². The zero-order chi connectivity index (χ0) is 11.1. The van der Waals surface area contributed by atoms with Crippen LogP contribution >= 0.6 is 0 Å². The summed E-state index contributed by atoms with van der Waals surface area (Å²) in [5.41, 5.74) is 0. The fraction of sp³-hybridized carbons (Fsp3) is 1.00. The third-order valence-electron chi connectivity index (χ3n) is 2.89. The van der Waals surface area contributed by atoms with Crippen molar-refractivity contribution in [2.75, 3.05) is 25.5 Å². The summed E-state index contributed by atoms with van der Waals surface area (Å²) in [6.45, 7) is 6.78. The van der Waals surface area contributed by atoms with Gasteiger partial charge in [-0.05, 0) is 25.8 Å². The van der Waals surface area contributed by atoms with Gasteiger partial charge in [-0.1, -0.05) is 13.8 Å². The minimum absolute atomic E-state index is 0.367. The van der Waals surface area contributed by atoms with Crippen LogP contribution in [0.25, 0.3) is 0 Å². The smallest absolute Gasteiger partial charge is 0.0477 e. The van der Waals surface area contributed by atoms with Gasteiger partial charge < -0.3 is 10.1 Å². The van der Waals surface area contributed by atoms with E-state index in [1.54, 1.807) is 0 Å². The number of hydrogen-bond acceptors (Lipinski definition) is 3. The van der Waals surface area contributed by atoms with Crippen LogP contribution in [-0.2, 0) is 15.5 Å². The van der Waals surface area contributed by atoms with Crippen LogP contribution in [0.3, 0.4) is 0 Å². The Morgan fingerprint density at radius 2 is 2.07 bits per heavy atom. The molecule has 0 aromatic carbocycles. The zero-order valence-electron chi connectivity index (χ0n) is 9.83. The largest absolute Gasteiger partial charge is 0.381 e. The summed E-state index contributed by atoms with van der Waals surface area (Å²) in [5.74, 6) is 0.801. The fourth-order valence-electron chi connectivity index (χ4n) is 1.88. The summed E-state index contributed by atoms with van der Waals surface area (Å²) < 4.78 is 17.3. The lowest BCUT2D eigenvalue weighted by molar-refractivity contribution is 0.0992. The first-order valence-corrected chi connectivity index (χ1v) is 7.34. The molecule has 0 saturated carbocycles. The lowest BCUT2D eigenvalue weighted by Gasteiger charge is -2.24. The predicted octanol–water partition coefficient (Wildman–Crippen LogP) is 1.30. The maximum Gasteiger partial charge on any atom is 0.0477 e. The Kier molecular flexibility index (Phi) is 6.45. The maximum absolute atomic E-state index is 12.1. The summed E-state index contributed by atoms with van der Waals surface area (Å²) in [4.78, 5) is 0. The van der Waals surface area contributed by atoms with Gasteiger partial charge in [0.2, 0.25) is 0 Å². The quantitative estimate of drug-likeness (QED) is 0.751. The van der Waals surface area contributed by atoms with Crippen LogP contribution < -0.4 is 5.32 Å². The minimum Gasteiger partial charge on any atom is -0.381 e. The monoisotopic (exact) mass is 233 g/mol. The van der Waals surface area contributed by atoms with Crippen LogP contribution in [-0.4, -0.2) is 41.0 Å². The van der Waals surface area contributed by atoms with E-state index in [0.29, 0.717) is 11.3 Å². The zero-order valence-corrected chi connectivity index (χ0v) is 10.6. The predicted molar refractivity (Wildman–Crippen MR) is 64.6 cm³/mol. The Bertz CT molecular complexity index is 193. The summed E-state index contributed by atoms with van der Waals surface area (Å²) >= 11 is 0. The third kappa shape index (κ3) is 4.62. The van der Waals surface area contributed by atoms with Crippen molar-refractivity contribution in [3.05, 3.63) is 0 Å². The Morgan fingerprint density at radius 1 is 1.40 bits per heavy atom. The summed E-state index contributed by atoms with van der Waals surface area (Å²) in [5, 5.41) is 3.75. The molecule has 0 aromatic rings. The van der Waals surface area contributed by atoms with Gasteiger partial charge in [-0.2, -0.15) is 0 Å². The second-order valence-electron chi connectivity index (χ2n) is 4.02. The average Bonchev–Trinajstić information content (AvgIpc) is 2.29. The molecule has 2 unspecified atom stereocenters. The number of nitrogens with one attached hydrogen (secondary N) is 1. The van der Waals surface area contributed by atoms with Gasteiger partial charge >= 0.3 is 0 Å². The van der Waals surface area contributed by atoms with Crippen molar-refractivity contribution >= 4 is 10.8 Å². The third-order valence-corrected chi connectivity index (χ3v) is 4.84. The molecule has 1 aliphatic heterocycles. The molecule has 0 aliphatic carbocycles. The molecule has 2 atom stereocenters. The van der Waals surface area contributed by atoms with Crippen molar-refractivity contribution in [2.24, 2.45) is 0 Å². The van der Waals surface area contributed by atoms with Crippen molar-refractivity contribution in [1.29, 1.82) is 0 Å². The van der Waals surface area contributed by atoms with E-state index in [-0.39, 0.29) is 0 Å². The van der Waals surface area contributed by atoms with Crippen molar-refractivity contribution in [3.63, 3.8) is 0 Å².